The fourth-order valence-electron chi connectivity index (χ4n) is 2.08. The number of aliphatic carboxylic acids is 1. The van der Waals surface area contributed by atoms with Crippen LogP contribution < -0.4 is 4.74 Å². The van der Waals surface area contributed by atoms with Gasteiger partial charge in [-0.05, 0) is 43.0 Å². The summed E-state index contributed by atoms with van der Waals surface area (Å²) < 4.78 is 5.48. The molecule has 0 amide bonds. The third kappa shape index (κ3) is 3.09. The summed E-state index contributed by atoms with van der Waals surface area (Å²) in [5, 5.41) is 8.53. The average molecular weight is 248 g/mol. The maximum Gasteiger partial charge on any atom is 0.303 e. The van der Waals surface area contributed by atoms with E-state index >= 15 is 0 Å². The van der Waals surface area contributed by atoms with Crippen LogP contribution in [0.25, 0.3) is 0 Å². The molecule has 0 spiro atoms. The van der Waals surface area contributed by atoms with Gasteiger partial charge in [-0.1, -0.05) is 0 Å². The summed E-state index contributed by atoms with van der Waals surface area (Å²) in [7, 11) is 0. The van der Waals surface area contributed by atoms with E-state index in [2.05, 4.69) is 0 Å². The second kappa shape index (κ2) is 5.67. The van der Waals surface area contributed by atoms with E-state index in [-0.39, 0.29) is 18.6 Å². The van der Waals surface area contributed by atoms with Crippen LogP contribution in [0.2, 0.25) is 0 Å². The summed E-state index contributed by atoms with van der Waals surface area (Å²) in [5.74, 6) is 0.00889. The third-order valence-corrected chi connectivity index (χ3v) is 3.02. The van der Waals surface area contributed by atoms with Crippen molar-refractivity contribution < 1.29 is 19.4 Å². The normalized spacial score (nSPS) is 13.6. The van der Waals surface area contributed by atoms with E-state index in [1.807, 2.05) is 12.1 Å². The summed E-state index contributed by atoms with van der Waals surface area (Å²) in [6.45, 7) is 0.735. The zero-order valence-electron chi connectivity index (χ0n) is 10.1. The van der Waals surface area contributed by atoms with E-state index in [1.165, 1.54) is 0 Å². The number of rotatable bonds is 5. The van der Waals surface area contributed by atoms with Gasteiger partial charge in [0.05, 0.1) is 6.61 Å². The van der Waals surface area contributed by atoms with Crippen molar-refractivity contribution in [1.82, 2.24) is 0 Å². The Morgan fingerprint density at radius 3 is 2.89 bits per heavy atom. The molecule has 18 heavy (non-hydrogen) atoms. The van der Waals surface area contributed by atoms with Crippen LogP contribution in [-0.4, -0.2) is 23.5 Å². The molecule has 1 aromatic rings. The van der Waals surface area contributed by atoms with Crippen LogP contribution in [0.4, 0.5) is 0 Å². The Morgan fingerprint density at radius 2 is 2.11 bits per heavy atom. The maximum absolute atomic E-state index is 11.9. The van der Waals surface area contributed by atoms with Crippen LogP contribution in [0.15, 0.2) is 18.2 Å². The summed E-state index contributed by atoms with van der Waals surface area (Å²) in [6, 6.07) is 5.46. The van der Waals surface area contributed by atoms with Gasteiger partial charge in [0.15, 0.2) is 5.78 Å². The van der Waals surface area contributed by atoms with E-state index in [0.29, 0.717) is 12.0 Å². The molecule has 0 aromatic heterocycles. The van der Waals surface area contributed by atoms with Crippen molar-refractivity contribution in [3.63, 3.8) is 0 Å². The number of hydrogen-bond donors (Lipinski definition) is 1. The molecule has 4 heteroatoms. The second-order valence-electron chi connectivity index (χ2n) is 4.44. The molecule has 1 N–H and O–H groups in total. The Bertz CT molecular complexity index is 465. The lowest BCUT2D eigenvalue weighted by molar-refractivity contribution is -0.137. The number of ether oxygens (including phenoxy) is 1. The molecule has 1 aliphatic heterocycles. The quantitative estimate of drug-likeness (QED) is 0.813. The predicted octanol–water partition coefficient (Wildman–Crippen LogP) is 2.45. The highest BCUT2D eigenvalue weighted by atomic mass is 16.5. The number of carbonyl (C=O) groups is 2. The highest BCUT2D eigenvalue weighted by Crippen LogP contribution is 2.26. The molecule has 0 fully saturated rings. The summed E-state index contributed by atoms with van der Waals surface area (Å²) in [4.78, 5) is 22.3. The van der Waals surface area contributed by atoms with Gasteiger partial charge in [0, 0.05) is 18.4 Å². The zero-order chi connectivity index (χ0) is 13.0. The molecule has 0 saturated heterocycles. The molecule has 0 saturated carbocycles. The van der Waals surface area contributed by atoms with Gasteiger partial charge in [0.1, 0.15) is 5.75 Å². The first-order chi connectivity index (χ1) is 8.66. The predicted molar refractivity (Wildman–Crippen MR) is 66.1 cm³/mol. The van der Waals surface area contributed by atoms with Gasteiger partial charge in [-0.25, -0.2) is 0 Å². The molecule has 4 nitrogen and oxygen atoms in total. The first-order valence-corrected chi connectivity index (χ1v) is 6.17. The van der Waals surface area contributed by atoms with Gasteiger partial charge in [0.25, 0.3) is 0 Å². The summed E-state index contributed by atoms with van der Waals surface area (Å²) in [6.07, 6.45) is 2.63. The molecule has 1 aliphatic rings. The number of hydrogen-bond acceptors (Lipinski definition) is 3. The van der Waals surface area contributed by atoms with Crippen molar-refractivity contribution in [3.8, 4) is 5.75 Å². The van der Waals surface area contributed by atoms with E-state index in [4.69, 9.17) is 9.84 Å². The Labute approximate surface area is 106 Å². The van der Waals surface area contributed by atoms with Crippen molar-refractivity contribution >= 4 is 11.8 Å². The Hall–Kier alpha value is -1.84. The highest BCUT2D eigenvalue weighted by Gasteiger charge is 2.13. The first kappa shape index (κ1) is 12.6. The van der Waals surface area contributed by atoms with Gasteiger partial charge in [-0.3, -0.25) is 9.59 Å². The number of carboxylic acid groups (broad SMARTS) is 1. The van der Waals surface area contributed by atoms with E-state index < -0.39 is 5.97 Å². The molecule has 96 valence electrons. The molecule has 1 aromatic carbocycles. The number of carbonyl (C=O) groups excluding carboxylic acids is 1. The molecular formula is C14H16O4. The van der Waals surface area contributed by atoms with Crippen LogP contribution in [0.5, 0.6) is 5.75 Å². The van der Waals surface area contributed by atoms with Gasteiger partial charge in [-0.2, -0.15) is 0 Å². The van der Waals surface area contributed by atoms with Crippen molar-refractivity contribution in [2.75, 3.05) is 6.61 Å². The number of fused-ring (bicyclic) bond motifs is 1. The third-order valence-electron chi connectivity index (χ3n) is 3.02. The average Bonchev–Trinajstić information content (AvgIpc) is 2.37. The zero-order valence-corrected chi connectivity index (χ0v) is 10.1. The highest BCUT2D eigenvalue weighted by molar-refractivity contribution is 5.96. The lowest BCUT2D eigenvalue weighted by atomic mass is 9.99. The number of carboxylic acids is 1. The number of Topliss-reactive ketones (excluding diaryl/α,β-unsaturated/α-hetero) is 1. The lowest BCUT2D eigenvalue weighted by Gasteiger charge is -2.17. The van der Waals surface area contributed by atoms with Gasteiger partial charge >= 0.3 is 5.97 Å². The van der Waals surface area contributed by atoms with Crippen molar-refractivity contribution in [1.29, 1.82) is 0 Å². The van der Waals surface area contributed by atoms with Crippen LogP contribution in [0.1, 0.15) is 41.6 Å². The maximum atomic E-state index is 11.9. The van der Waals surface area contributed by atoms with Gasteiger partial charge in [0.2, 0.25) is 0 Å². The molecule has 0 atom stereocenters. The first-order valence-electron chi connectivity index (χ1n) is 6.17. The minimum atomic E-state index is -0.860. The minimum absolute atomic E-state index is 0.00428. The van der Waals surface area contributed by atoms with Crippen molar-refractivity contribution in [2.45, 2.75) is 32.1 Å². The van der Waals surface area contributed by atoms with Crippen molar-refractivity contribution in [2.24, 2.45) is 0 Å². The molecule has 1 heterocycles. The minimum Gasteiger partial charge on any atom is -0.493 e. The number of aryl methyl sites for hydroxylation is 1. The fraction of sp³-hybridized carbons (Fsp3) is 0.429. The summed E-state index contributed by atoms with van der Waals surface area (Å²) in [5.41, 5.74) is 1.73. The van der Waals surface area contributed by atoms with Gasteiger partial charge in [-0.15, -0.1) is 0 Å². The van der Waals surface area contributed by atoms with Gasteiger partial charge < -0.3 is 9.84 Å². The fourth-order valence-corrected chi connectivity index (χ4v) is 2.08. The van der Waals surface area contributed by atoms with Crippen molar-refractivity contribution in [3.05, 3.63) is 29.3 Å². The number of benzene rings is 1. The molecule has 2 rings (SSSR count). The lowest BCUT2D eigenvalue weighted by Crippen LogP contribution is -2.10. The Morgan fingerprint density at radius 1 is 1.28 bits per heavy atom. The molecule has 0 unspecified atom stereocenters. The molecule has 0 bridgehead atoms. The Balaban J connectivity index is 2.00. The molecule has 0 aliphatic carbocycles. The standard InChI is InChI=1S/C14H16O4/c15-12(4-1-5-14(16)17)10-6-7-13-11(9-10)3-2-8-18-13/h6-7,9H,1-5,8H2,(H,16,17). The monoisotopic (exact) mass is 248 g/mol. The topological polar surface area (TPSA) is 63.6 Å². The van der Waals surface area contributed by atoms with Crippen LogP contribution in [-0.2, 0) is 11.2 Å². The van der Waals surface area contributed by atoms with Crippen LogP contribution in [0.3, 0.4) is 0 Å². The smallest absolute Gasteiger partial charge is 0.303 e. The molecule has 0 radical (unpaired) electrons. The van der Waals surface area contributed by atoms with Crippen LogP contribution in [0, 0.1) is 0 Å². The second-order valence-corrected chi connectivity index (χ2v) is 4.44. The van der Waals surface area contributed by atoms with Crippen LogP contribution >= 0.6 is 0 Å². The molecular weight excluding hydrogens is 232 g/mol. The Kier molecular flexibility index (Phi) is 3.97. The van der Waals surface area contributed by atoms with E-state index in [1.54, 1.807) is 6.07 Å². The summed E-state index contributed by atoms with van der Waals surface area (Å²) >= 11 is 0. The van der Waals surface area contributed by atoms with E-state index in [0.717, 1.165) is 30.8 Å². The number of ketones is 1. The SMILES string of the molecule is O=C(O)CCCC(=O)c1ccc2c(c1)CCCO2. The largest absolute Gasteiger partial charge is 0.493 e. The van der Waals surface area contributed by atoms with E-state index in [9.17, 15) is 9.59 Å².